The zero-order valence-electron chi connectivity index (χ0n) is 14.2. The van der Waals surface area contributed by atoms with Gasteiger partial charge in [0.25, 0.3) is 0 Å². The number of nitrogens with one attached hydrogen (secondary N) is 1. The lowest BCUT2D eigenvalue weighted by molar-refractivity contribution is 0.00839. The molecule has 2 aliphatic rings. The normalized spacial score (nSPS) is 25.2. The van der Waals surface area contributed by atoms with Gasteiger partial charge in [0.1, 0.15) is 5.75 Å². The number of rotatable bonds is 7. The Bertz CT molecular complexity index is 625. The van der Waals surface area contributed by atoms with E-state index in [0.29, 0.717) is 12.5 Å². The molecule has 3 rings (SSSR count). The zero-order chi connectivity index (χ0) is 17.0. The molecule has 0 radical (unpaired) electrons. The van der Waals surface area contributed by atoms with Gasteiger partial charge in [0, 0.05) is 17.9 Å². The van der Waals surface area contributed by atoms with Crippen molar-refractivity contribution in [1.82, 2.24) is 4.72 Å². The maximum Gasteiger partial charge on any atom is 0.211 e. The predicted molar refractivity (Wildman–Crippen MR) is 93.8 cm³/mol. The van der Waals surface area contributed by atoms with Gasteiger partial charge in [0.2, 0.25) is 10.0 Å². The molecular weight excluding hydrogens is 326 g/mol. The monoisotopic (exact) mass is 353 g/mol. The Labute approximate surface area is 144 Å². The average Bonchev–Trinajstić information content (AvgIpc) is 2.53. The number of hydrogen-bond donors (Lipinski definition) is 1. The molecule has 134 valence electrons. The summed E-state index contributed by atoms with van der Waals surface area (Å²) in [5, 5.41) is 0. The highest BCUT2D eigenvalue weighted by Gasteiger charge is 2.28. The second-order valence-electron chi connectivity index (χ2n) is 6.79. The molecule has 0 bridgehead atoms. The summed E-state index contributed by atoms with van der Waals surface area (Å²) in [6.45, 7) is 3.84. The Balaban J connectivity index is 1.55. The van der Waals surface area contributed by atoms with E-state index >= 15 is 0 Å². The van der Waals surface area contributed by atoms with Crippen LogP contribution in [0.25, 0.3) is 0 Å². The molecule has 1 saturated carbocycles. The summed E-state index contributed by atoms with van der Waals surface area (Å²) in [4.78, 5) is 0. The van der Waals surface area contributed by atoms with Gasteiger partial charge in [-0.3, -0.25) is 0 Å². The molecule has 0 unspecified atom stereocenters. The molecule has 1 saturated heterocycles. The molecule has 0 amide bonds. The van der Waals surface area contributed by atoms with E-state index in [1.807, 2.05) is 12.1 Å². The minimum Gasteiger partial charge on any atom is -0.493 e. The van der Waals surface area contributed by atoms with Crippen LogP contribution in [0.2, 0.25) is 0 Å². The van der Waals surface area contributed by atoms with Gasteiger partial charge in [-0.25, -0.2) is 13.1 Å². The Morgan fingerprint density at radius 1 is 1.17 bits per heavy atom. The van der Waals surface area contributed by atoms with Gasteiger partial charge in [0.15, 0.2) is 0 Å². The van der Waals surface area contributed by atoms with Crippen molar-refractivity contribution in [3.63, 3.8) is 0 Å². The molecule has 0 aromatic heterocycles. The molecule has 1 N–H and O–H groups in total. The van der Waals surface area contributed by atoms with Crippen LogP contribution in [-0.2, 0) is 14.8 Å². The molecule has 1 aromatic rings. The van der Waals surface area contributed by atoms with Crippen LogP contribution in [0.15, 0.2) is 24.3 Å². The minimum absolute atomic E-state index is 0.00454. The smallest absolute Gasteiger partial charge is 0.211 e. The van der Waals surface area contributed by atoms with Crippen LogP contribution in [-0.4, -0.2) is 40.0 Å². The summed E-state index contributed by atoms with van der Waals surface area (Å²) in [6.07, 6.45) is 4.12. The summed E-state index contributed by atoms with van der Waals surface area (Å²) in [6, 6.07) is 8.19. The summed E-state index contributed by atoms with van der Waals surface area (Å²) in [5.74, 6) is 1.73. The molecule has 5 nitrogen and oxygen atoms in total. The van der Waals surface area contributed by atoms with Crippen molar-refractivity contribution in [2.45, 2.75) is 44.6 Å². The largest absolute Gasteiger partial charge is 0.493 e. The number of ether oxygens (including phenoxy) is 2. The lowest BCUT2D eigenvalue weighted by Crippen LogP contribution is -2.44. The van der Waals surface area contributed by atoms with Gasteiger partial charge in [-0.1, -0.05) is 25.0 Å². The molecule has 2 fully saturated rings. The third-order valence-corrected chi connectivity index (χ3v) is 6.50. The van der Waals surface area contributed by atoms with Gasteiger partial charge in [-0.15, -0.1) is 0 Å². The Morgan fingerprint density at radius 2 is 1.88 bits per heavy atom. The fourth-order valence-corrected chi connectivity index (χ4v) is 4.28. The van der Waals surface area contributed by atoms with Crippen LogP contribution >= 0.6 is 0 Å². The molecular formula is C18H27NO4S. The second-order valence-corrected chi connectivity index (χ2v) is 8.83. The van der Waals surface area contributed by atoms with Crippen LogP contribution in [0.1, 0.15) is 44.1 Å². The van der Waals surface area contributed by atoms with Crippen LogP contribution < -0.4 is 9.46 Å². The Kier molecular flexibility index (Phi) is 5.79. The van der Waals surface area contributed by atoms with Crippen LogP contribution in [0.4, 0.5) is 0 Å². The molecule has 1 heterocycles. The van der Waals surface area contributed by atoms with E-state index in [-0.39, 0.29) is 17.7 Å². The van der Waals surface area contributed by atoms with Crippen LogP contribution in [0, 0.1) is 5.92 Å². The molecule has 6 heteroatoms. The van der Waals surface area contributed by atoms with E-state index in [1.165, 1.54) is 5.56 Å². The first-order chi connectivity index (χ1) is 11.6. The van der Waals surface area contributed by atoms with Gasteiger partial charge in [0.05, 0.1) is 25.6 Å². The lowest BCUT2D eigenvalue weighted by atomic mass is 9.86. The fourth-order valence-electron chi connectivity index (χ4n) is 3.34. The van der Waals surface area contributed by atoms with E-state index < -0.39 is 10.0 Å². The quantitative estimate of drug-likeness (QED) is 0.818. The van der Waals surface area contributed by atoms with Crippen LogP contribution in [0.3, 0.4) is 0 Å². The van der Waals surface area contributed by atoms with Gasteiger partial charge >= 0.3 is 0 Å². The van der Waals surface area contributed by atoms with E-state index in [9.17, 15) is 8.42 Å². The molecule has 1 aliphatic carbocycles. The number of sulfonamides is 1. The van der Waals surface area contributed by atoms with Crippen LogP contribution in [0.5, 0.6) is 5.75 Å². The first-order valence-corrected chi connectivity index (χ1v) is 10.5. The third kappa shape index (κ3) is 4.49. The van der Waals surface area contributed by atoms with Crippen molar-refractivity contribution in [2.24, 2.45) is 5.92 Å². The van der Waals surface area contributed by atoms with Crippen molar-refractivity contribution >= 4 is 10.0 Å². The Hall–Kier alpha value is -1.11. The minimum atomic E-state index is -3.16. The van der Waals surface area contributed by atoms with E-state index in [1.54, 1.807) is 6.92 Å². The van der Waals surface area contributed by atoms with Crippen molar-refractivity contribution in [3.05, 3.63) is 29.8 Å². The number of hydrogen-bond acceptors (Lipinski definition) is 4. The van der Waals surface area contributed by atoms with Crippen molar-refractivity contribution < 1.29 is 17.9 Å². The lowest BCUT2D eigenvalue weighted by Gasteiger charge is -2.31. The van der Waals surface area contributed by atoms with E-state index in [4.69, 9.17) is 9.47 Å². The maximum atomic E-state index is 11.9. The predicted octanol–water partition coefficient (Wildman–Crippen LogP) is 2.68. The van der Waals surface area contributed by atoms with Crippen molar-refractivity contribution in [2.75, 3.05) is 25.6 Å². The highest BCUT2D eigenvalue weighted by Crippen LogP contribution is 2.28. The van der Waals surface area contributed by atoms with Crippen molar-refractivity contribution in [3.8, 4) is 5.75 Å². The number of benzene rings is 1. The molecule has 0 spiro atoms. The van der Waals surface area contributed by atoms with Gasteiger partial charge in [-0.05, 0) is 37.5 Å². The highest BCUT2D eigenvalue weighted by molar-refractivity contribution is 7.89. The van der Waals surface area contributed by atoms with Gasteiger partial charge in [-0.2, -0.15) is 0 Å². The maximum absolute atomic E-state index is 11.9. The topological polar surface area (TPSA) is 64.6 Å². The summed E-state index contributed by atoms with van der Waals surface area (Å²) in [5.41, 5.74) is 1.29. The average molecular weight is 353 g/mol. The molecule has 2 atom stereocenters. The SMILES string of the molecule is CCS(=O)(=O)N[C@@H]1CCCC[C@H]1COc1ccc(C2COC2)cc1. The molecule has 24 heavy (non-hydrogen) atoms. The first kappa shape index (κ1) is 17.7. The Morgan fingerprint density at radius 3 is 2.50 bits per heavy atom. The van der Waals surface area contributed by atoms with E-state index in [2.05, 4.69) is 16.9 Å². The second kappa shape index (κ2) is 7.85. The highest BCUT2D eigenvalue weighted by atomic mass is 32.2. The summed E-state index contributed by atoms with van der Waals surface area (Å²) < 4.78 is 37.7. The van der Waals surface area contributed by atoms with Gasteiger partial charge < -0.3 is 9.47 Å². The third-order valence-electron chi connectivity index (χ3n) is 5.07. The zero-order valence-corrected chi connectivity index (χ0v) is 15.1. The van der Waals surface area contributed by atoms with E-state index in [0.717, 1.165) is 44.6 Å². The van der Waals surface area contributed by atoms with Crippen molar-refractivity contribution in [1.29, 1.82) is 0 Å². The molecule has 1 aromatic carbocycles. The fraction of sp³-hybridized carbons (Fsp3) is 0.667. The summed E-state index contributed by atoms with van der Waals surface area (Å²) >= 11 is 0. The molecule has 1 aliphatic heterocycles. The summed E-state index contributed by atoms with van der Waals surface area (Å²) in [7, 11) is -3.16. The first-order valence-electron chi connectivity index (χ1n) is 8.88. The standard InChI is InChI=1S/C18H27NO4S/c1-2-24(20,21)19-18-6-4-3-5-15(18)13-23-17-9-7-14(8-10-17)16-11-22-12-16/h7-10,15-16,18-19H,2-6,11-13H2,1H3/t15-,18+/m0/s1.